The van der Waals surface area contributed by atoms with Gasteiger partial charge in [0.15, 0.2) is 0 Å². The molecule has 4 aromatic rings. The summed E-state index contributed by atoms with van der Waals surface area (Å²) < 4.78 is 53.4. The molecule has 0 bridgehead atoms. The van der Waals surface area contributed by atoms with Crippen molar-refractivity contribution in [2.75, 3.05) is 31.3 Å². The van der Waals surface area contributed by atoms with E-state index >= 15 is 0 Å². The number of ether oxygens (including phenoxy) is 1. The number of rotatable bonds is 12. The summed E-state index contributed by atoms with van der Waals surface area (Å²) in [4.78, 5) is 28.0. The van der Waals surface area contributed by atoms with E-state index in [9.17, 15) is 22.4 Å². The lowest BCUT2D eigenvalue weighted by Gasteiger charge is -2.63. The predicted molar refractivity (Wildman–Crippen MR) is 230 cm³/mol. The van der Waals surface area contributed by atoms with Crippen LogP contribution in [0.25, 0.3) is 33.4 Å². The second-order valence-corrected chi connectivity index (χ2v) is 18.0. The first-order valence-corrected chi connectivity index (χ1v) is 18.9. The molecule has 0 unspecified atom stereocenters. The van der Waals surface area contributed by atoms with Gasteiger partial charge in [-0.2, -0.15) is 0 Å². The Hall–Kier alpha value is -3.80. The van der Waals surface area contributed by atoms with Crippen LogP contribution in [-0.4, -0.2) is 123 Å². The van der Waals surface area contributed by atoms with Gasteiger partial charge >= 0.3 is 0 Å². The van der Waals surface area contributed by atoms with E-state index in [4.69, 9.17) is 9.15 Å². The molecule has 2 N–H and O–H groups in total. The fourth-order valence-corrected chi connectivity index (χ4v) is 9.51. The minimum atomic E-state index is -3.79. The molecule has 0 fully saturated rings. The Bertz CT molecular complexity index is 2060. The fraction of sp³-hybridized carbons (Fsp3) is 0.290. The molecule has 2 amide bonds. The van der Waals surface area contributed by atoms with Crippen molar-refractivity contribution in [3.63, 3.8) is 0 Å². The molecule has 0 aliphatic rings. The fourth-order valence-electron chi connectivity index (χ4n) is 8.54. The van der Waals surface area contributed by atoms with E-state index in [1.54, 1.807) is 37.3 Å². The number of amides is 2. The van der Waals surface area contributed by atoms with Crippen molar-refractivity contribution >= 4 is 109 Å². The maximum Gasteiger partial charge on any atom is 0.255 e. The second kappa shape index (κ2) is 14.0. The van der Waals surface area contributed by atoms with Crippen LogP contribution in [0.15, 0.2) is 59.0 Å². The molecule has 0 aliphatic carbocycles. The molecule has 0 atom stereocenters. The number of methoxy groups -OCH3 is 1. The predicted octanol–water partition coefficient (Wildman–Crippen LogP) is -3.55. The third-order valence-corrected chi connectivity index (χ3v) is 11.0. The van der Waals surface area contributed by atoms with Crippen LogP contribution in [0.5, 0.6) is 5.75 Å². The zero-order valence-corrected chi connectivity index (χ0v) is 32.9. The van der Waals surface area contributed by atoms with Crippen LogP contribution in [-0.2, 0) is 10.0 Å². The van der Waals surface area contributed by atoms with Gasteiger partial charge in [-0.1, -0.05) is 21.4 Å². The first-order valence-electron chi connectivity index (χ1n) is 17.0. The average Bonchev–Trinajstić information content (AvgIpc) is 3.39. The molecular weight excluding hydrogens is 659 g/mol. The number of nitrogens with zero attached hydrogens (tertiary/aromatic N) is 1. The summed E-state index contributed by atoms with van der Waals surface area (Å²) in [5.41, 5.74) is 1.72. The molecule has 3 aromatic carbocycles. The Labute approximate surface area is 309 Å². The molecule has 1 heterocycles. The highest BCUT2D eigenvalue weighted by Gasteiger charge is 2.56. The minimum Gasteiger partial charge on any atom is -0.496 e. The van der Waals surface area contributed by atoms with Gasteiger partial charge in [0.05, 0.1) is 101 Å². The first-order chi connectivity index (χ1) is 23.4. The number of furan rings is 1. The van der Waals surface area contributed by atoms with E-state index in [-0.39, 0.29) is 50.3 Å². The van der Waals surface area contributed by atoms with Crippen molar-refractivity contribution in [1.82, 2.24) is 10.6 Å². The zero-order valence-electron chi connectivity index (χ0n) is 32.1. The number of halogens is 1. The summed E-state index contributed by atoms with van der Waals surface area (Å²) in [6.07, 6.45) is 1.12. The smallest absolute Gasteiger partial charge is 0.255 e. The number of fused-ring (bicyclic) bond motifs is 1. The normalized spacial score (nSPS) is 12.7. The van der Waals surface area contributed by atoms with Gasteiger partial charge in [0.1, 0.15) is 22.9 Å². The van der Waals surface area contributed by atoms with E-state index in [2.05, 4.69) is 81.3 Å². The first kappa shape index (κ1) is 40.0. The Morgan fingerprint density at radius 3 is 1.88 bits per heavy atom. The quantitative estimate of drug-likeness (QED) is 0.148. The van der Waals surface area contributed by atoms with E-state index in [0.29, 0.717) is 33.5 Å². The molecule has 0 spiro atoms. The van der Waals surface area contributed by atoms with Gasteiger partial charge in [0, 0.05) is 36.2 Å². The van der Waals surface area contributed by atoms with Crippen LogP contribution in [0.3, 0.4) is 0 Å². The highest BCUT2D eigenvalue weighted by molar-refractivity contribution is 7.92. The van der Waals surface area contributed by atoms with Crippen molar-refractivity contribution in [2.45, 2.75) is 27.8 Å². The number of anilines is 1. The van der Waals surface area contributed by atoms with Crippen molar-refractivity contribution in [1.29, 1.82) is 0 Å². The lowest BCUT2D eigenvalue weighted by molar-refractivity contribution is 0.0892. The van der Waals surface area contributed by atoms with E-state index in [1.807, 2.05) is 0 Å². The number of nitrogens with one attached hydrogen (secondary N) is 2. The van der Waals surface area contributed by atoms with Gasteiger partial charge < -0.3 is 19.8 Å². The average molecular weight is 702 g/mol. The molecule has 51 heavy (non-hydrogen) atoms. The van der Waals surface area contributed by atoms with Crippen LogP contribution >= 0.6 is 0 Å². The topological polar surface area (TPSA) is 118 Å². The molecule has 4 rings (SSSR count). The Balaban J connectivity index is 2.07. The Morgan fingerprint density at radius 2 is 1.41 bits per heavy atom. The summed E-state index contributed by atoms with van der Waals surface area (Å²) in [6, 6.07) is 14.0. The molecule has 9 nitrogen and oxygen atoms in total. The third-order valence-electron chi connectivity index (χ3n) is 9.75. The van der Waals surface area contributed by atoms with Gasteiger partial charge in [-0.05, 0) is 60.5 Å². The highest BCUT2D eigenvalue weighted by atomic mass is 32.2. The van der Waals surface area contributed by atoms with Crippen molar-refractivity contribution in [3.05, 3.63) is 71.5 Å². The molecular formula is C31H43B9FN3O6S. The van der Waals surface area contributed by atoms with Gasteiger partial charge in [0.25, 0.3) is 11.8 Å². The highest BCUT2D eigenvalue weighted by Crippen LogP contribution is 2.53. The minimum absolute atomic E-state index is 0.0972. The largest absolute Gasteiger partial charge is 0.496 e. The van der Waals surface area contributed by atoms with Gasteiger partial charge in [-0.3, -0.25) is 13.9 Å². The Kier molecular flexibility index (Phi) is 11.0. The van der Waals surface area contributed by atoms with Gasteiger partial charge in [-0.25, -0.2) is 12.8 Å². The molecule has 0 radical (unpaired) electrons. The van der Waals surface area contributed by atoms with E-state index in [1.165, 1.54) is 42.7 Å². The van der Waals surface area contributed by atoms with Crippen LogP contribution < -0.4 is 19.7 Å². The van der Waals surface area contributed by atoms with Crippen molar-refractivity contribution < 1.29 is 31.6 Å². The Morgan fingerprint density at radius 1 is 0.863 bits per heavy atom. The zero-order chi connectivity index (χ0) is 38.5. The molecule has 0 saturated heterocycles. The van der Waals surface area contributed by atoms with Crippen molar-refractivity contribution in [2.24, 2.45) is 0 Å². The van der Waals surface area contributed by atoms with Crippen molar-refractivity contribution in [3.8, 4) is 28.2 Å². The standard InChI is InChI=1S/C31H43B9FN3O6S/c1-5-44(51(4,47)48)21-14-23-19(24(27(46)42-2)25(50-23)15-6-9-17(41)10-7-15)13-18(21)16-8-11-22(49-3)20(12-16)26(45)43-28(29(32,33)34,30(35,36)37)31(38,39)40/h6-14H,5,32-40H2,1-4H3,(H,42,46)(H,43,45). The number of hydrogen-bond acceptors (Lipinski definition) is 6. The SMILES string of the molecule is BC(B)(B)C(NC(=O)c1cc(-c2cc3c(C(=O)NC)c(-c4ccc(F)cc4)oc3cc2N(CC)S(C)(=O)=O)ccc1OC)(C(B)(B)B)C(B)(B)B. The third kappa shape index (κ3) is 7.30. The lowest BCUT2D eigenvalue weighted by atomic mass is 9.12. The number of hydrogen-bond donors (Lipinski definition) is 2. The summed E-state index contributed by atoms with van der Waals surface area (Å²) >= 11 is 0. The summed E-state index contributed by atoms with van der Waals surface area (Å²) in [7, 11) is 18.3. The number of carbonyl (C=O) groups excluding carboxylic acids is 2. The maximum absolute atomic E-state index is 14.6. The molecule has 1 aromatic heterocycles. The number of benzene rings is 3. The van der Waals surface area contributed by atoms with Crippen LogP contribution in [0.4, 0.5) is 10.1 Å². The monoisotopic (exact) mass is 703 g/mol. The van der Waals surface area contributed by atoms with E-state index in [0.717, 1.165) is 6.26 Å². The van der Waals surface area contributed by atoms with E-state index < -0.39 is 27.3 Å². The van der Waals surface area contributed by atoms with Crippen LogP contribution in [0.1, 0.15) is 27.6 Å². The molecule has 258 valence electrons. The second-order valence-electron chi connectivity index (χ2n) is 16.1. The molecule has 0 aliphatic heterocycles. The summed E-state index contributed by atoms with van der Waals surface area (Å²) in [5, 5.41) is 5.40. The van der Waals surface area contributed by atoms with Crippen LogP contribution in [0, 0.1) is 5.82 Å². The van der Waals surface area contributed by atoms with Gasteiger partial charge in [-0.15, -0.1) is 0 Å². The van der Waals surface area contributed by atoms with Crippen LogP contribution in [0.2, 0.25) is 15.3 Å². The number of carbonyl (C=O) groups is 2. The molecule has 20 heteroatoms. The molecule has 0 saturated carbocycles. The maximum atomic E-state index is 14.6. The lowest BCUT2D eigenvalue weighted by Crippen LogP contribution is -2.71. The summed E-state index contributed by atoms with van der Waals surface area (Å²) in [6.45, 7) is 1.81. The summed E-state index contributed by atoms with van der Waals surface area (Å²) in [5.74, 6) is -0.698. The van der Waals surface area contributed by atoms with Gasteiger partial charge in [0.2, 0.25) is 10.0 Å². The number of sulfonamides is 1.